The minimum absolute atomic E-state index is 0.192. The summed E-state index contributed by atoms with van der Waals surface area (Å²) >= 11 is 1.58. The van der Waals surface area contributed by atoms with E-state index in [2.05, 4.69) is 40.5 Å². The van der Waals surface area contributed by atoms with Gasteiger partial charge >= 0.3 is 12.2 Å². The molecule has 0 aliphatic heterocycles. The van der Waals surface area contributed by atoms with Crippen LogP contribution in [0.15, 0.2) is 0 Å². The largest absolute Gasteiger partial charge is 0.450 e. The number of hydrogen-bond donors (Lipinski definition) is 2. The van der Waals surface area contributed by atoms with Gasteiger partial charge in [-0.15, -0.1) is 21.5 Å². The lowest BCUT2D eigenvalue weighted by molar-refractivity contribution is 0.0471. The highest BCUT2D eigenvalue weighted by Gasteiger charge is 2.36. The van der Waals surface area contributed by atoms with Gasteiger partial charge in [-0.25, -0.2) is 9.59 Å². The van der Waals surface area contributed by atoms with Crippen LogP contribution >= 0.6 is 11.3 Å². The van der Waals surface area contributed by atoms with Crippen LogP contribution in [0.3, 0.4) is 0 Å². The quantitative estimate of drug-likeness (QED) is 0.614. The van der Waals surface area contributed by atoms with Crippen molar-refractivity contribution in [1.82, 2.24) is 20.8 Å². The number of rotatable bonds is 6. The third kappa shape index (κ3) is 8.59. The smallest absolute Gasteiger partial charge is 0.407 e. The highest BCUT2D eigenvalue weighted by Crippen LogP contribution is 2.34. The van der Waals surface area contributed by atoms with Crippen molar-refractivity contribution in [2.75, 3.05) is 6.61 Å². The molecule has 2 rings (SSSR count). The predicted octanol–water partition coefficient (Wildman–Crippen LogP) is 4.44. The molecule has 1 aromatic heterocycles. The van der Waals surface area contributed by atoms with Gasteiger partial charge in [0.25, 0.3) is 0 Å². The number of nitrogens with zero attached hydrogens (tertiary/aromatic N) is 2. The number of alkyl carbamates (subject to hydrolysis) is 2. The maximum Gasteiger partial charge on any atom is 0.407 e. The summed E-state index contributed by atoms with van der Waals surface area (Å²) in [5.41, 5.74) is -0.590. The Labute approximate surface area is 184 Å². The molecule has 0 spiro atoms. The molecule has 0 unspecified atom stereocenters. The fourth-order valence-electron chi connectivity index (χ4n) is 3.31. The molecule has 8 nitrogen and oxygen atoms in total. The fraction of sp³-hybridized carbons (Fsp3) is 0.800. The molecule has 1 aliphatic carbocycles. The van der Waals surface area contributed by atoms with Crippen molar-refractivity contribution in [3.8, 4) is 0 Å². The molecule has 1 heterocycles. The summed E-state index contributed by atoms with van der Waals surface area (Å²) in [6, 6.07) is 0.429. The van der Waals surface area contributed by atoms with Crippen LogP contribution in [0.2, 0.25) is 25.7 Å². The number of aromatic nitrogens is 2. The van der Waals surface area contributed by atoms with Crippen LogP contribution in [0.25, 0.3) is 0 Å². The summed E-state index contributed by atoms with van der Waals surface area (Å²) in [6.07, 6.45) is 1.32. The highest BCUT2D eigenvalue weighted by molar-refractivity contribution is 7.11. The Kier molecular flexibility index (Phi) is 8.26. The molecular weight excluding hydrogens is 420 g/mol. The van der Waals surface area contributed by atoms with E-state index in [9.17, 15) is 9.59 Å². The summed E-state index contributed by atoms with van der Waals surface area (Å²) in [4.78, 5) is 24.7. The Bertz CT molecular complexity index is 729. The molecule has 1 saturated carbocycles. The molecule has 3 atom stereocenters. The van der Waals surface area contributed by atoms with E-state index in [1.807, 2.05) is 27.7 Å². The number of carbonyl (C=O) groups excluding carboxylic acids is 2. The molecule has 0 aromatic carbocycles. The molecule has 2 N–H and O–H groups in total. The third-order valence-corrected chi connectivity index (χ3v) is 7.54. The maximum atomic E-state index is 12.4. The number of hydrogen-bond acceptors (Lipinski definition) is 7. The first-order valence-electron chi connectivity index (χ1n) is 10.6. The van der Waals surface area contributed by atoms with Crippen molar-refractivity contribution in [3.63, 3.8) is 0 Å². The standard InChI is InChI=1S/C20H36N4O4SSi/c1-13-23-24-17(29-13)14-8-9-15(21-18(25)27-10-11-30(5,6)7)16(12-14)22-19(26)28-20(2,3)4/h14-16H,8-12H2,1-7H3,(H,21,25)(H,22,26)/t14-,15-,16-/m0/s1. The molecule has 1 fully saturated rings. The molecule has 10 heteroatoms. The van der Waals surface area contributed by atoms with E-state index in [0.717, 1.165) is 22.5 Å². The van der Waals surface area contributed by atoms with Gasteiger partial charge in [0.15, 0.2) is 0 Å². The molecule has 0 radical (unpaired) electrons. The Morgan fingerprint density at radius 3 is 2.33 bits per heavy atom. The van der Waals surface area contributed by atoms with Crippen molar-refractivity contribution in [3.05, 3.63) is 10.0 Å². The summed E-state index contributed by atoms with van der Waals surface area (Å²) in [6.45, 7) is 14.6. The third-order valence-electron chi connectivity index (χ3n) is 4.83. The highest BCUT2D eigenvalue weighted by atomic mass is 32.1. The molecule has 0 saturated heterocycles. The summed E-state index contributed by atoms with van der Waals surface area (Å²) in [5.74, 6) is 0.192. The minimum atomic E-state index is -1.27. The lowest BCUT2D eigenvalue weighted by atomic mass is 9.82. The molecule has 30 heavy (non-hydrogen) atoms. The van der Waals surface area contributed by atoms with Crippen molar-refractivity contribution >= 4 is 31.6 Å². The van der Waals surface area contributed by atoms with Crippen LogP contribution < -0.4 is 10.6 Å². The van der Waals surface area contributed by atoms with E-state index < -0.39 is 25.9 Å². The molecule has 2 amide bonds. The summed E-state index contributed by atoms with van der Waals surface area (Å²) < 4.78 is 10.8. The first-order valence-corrected chi connectivity index (χ1v) is 15.1. The van der Waals surface area contributed by atoms with Gasteiger partial charge in [-0.1, -0.05) is 19.6 Å². The monoisotopic (exact) mass is 456 g/mol. The van der Waals surface area contributed by atoms with Gasteiger partial charge in [0.2, 0.25) is 0 Å². The Balaban J connectivity index is 2.01. The second kappa shape index (κ2) is 10.1. The normalized spacial score (nSPS) is 22.3. The van der Waals surface area contributed by atoms with E-state index in [-0.39, 0.29) is 18.0 Å². The number of aryl methyl sites for hydroxylation is 1. The van der Waals surface area contributed by atoms with E-state index in [0.29, 0.717) is 19.4 Å². The van der Waals surface area contributed by atoms with Crippen molar-refractivity contribution in [2.24, 2.45) is 0 Å². The van der Waals surface area contributed by atoms with Crippen molar-refractivity contribution in [1.29, 1.82) is 0 Å². The van der Waals surface area contributed by atoms with Gasteiger partial charge in [-0.05, 0) is 53.0 Å². The average molecular weight is 457 g/mol. The molecule has 1 aromatic rings. The predicted molar refractivity (Wildman–Crippen MR) is 121 cm³/mol. The topological polar surface area (TPSA) is 102 Å². The van der Waals surface area contributed by atoms with Crippen LogP contribution in [-0.2, 0) is 9.47 Å². The van der Waals surface area contributed by atoms with Gasteiger partial charge in [-0.2, -0.15) is 0 Å². The first-order chi connectivity index (χ1) is 13.8. The number of amides is 2. The van der Waals surface area contributed by atoms with Crippen LogP contribution in [0.5, 0.6) is 0 Å². The number of ether oxygens (including phenoxy) is 2. The van der Waals surface area contributed by atoms with Gasteiger partial charge in [0, 0.05) is 14.0 Å². The average Bonchev–Trinajstić information content (AvgIpc) is 3.00. The van der Waals surface area contributed by atoms with Crippen LogP contribution in [0.4, 0.5) is 9.59 Å². The lowest BCUT2D eigenvalue weighted by Gasteiger charge is -2.36. The van der Waals surface area contributed by atoms with Crippen LogP contribution in [0.1, 0.15) is 56.0 Å². The minimum Gasteiger partial charge on any atom is -0.450 e. The summed E-state index contributed by atoms with van der Waals surface area (Å²) in [5, 5.41) is 16.2. The van der Waals surface area contributed by atoms with E-state index in [1.54, 1.807) is 11.3 Å². The molecule has 0 bridgehead atoms. The van der Waals surface area contributed by atoms with Crippen LogP contribution in [-0.4, -0.2) is 54.7 Å². The SMILES string of the molecule is Cc1nnc([C@H]2CC[C@H](NC(=O)OCC[Si](C)(C)C)[C@@H](NC(=O)OC(C)(C)C)C2)s1. The Hall–Kier alpha value is -1.68. The van der Waals surface area contributed by atoms with Crippen molar-refractivity contribution in [2.45, 2.75) is 96.2 Å². The molecular formula is C20H36N4O4SSi. The summed E-state index contributed by atoms with van der Waals surface area (Å²) in [7, 11) is -1.27. The van der Waals surface area contributed by atoms with E-state index in [4.69, 9.17) is 9.47 Å². The number of carbonyl (C=O) groups is 2. The maximum absolute atomic E-state index is 12.4. The first kappa shape index (κ1) is 24.6. The van der Waals surface area contributed by atoms with E-state index >= 15 is 0 Å². The zero-order valence-electron chi connectivity index (χ0n) is 19.2. The van der Waals surface area contributed by atoms with Gasteiger partial charge in [0.05, 0.1) is 18.7 Å². The Morgan fingerprint density at radius 2 is 1.77 bits per heavy atom. The molecule has 170 valence electrons. The zero-order valence-corrected chi connectivity index (χ0v) is 21.0. The number of nitrogens with one attached hydrogen (secondary N) is 2. The Morgan fingerprint density at radius 1 is 1.10 bits per heavy atom. The zero-order chi connectivity index (χ0) is 22.5. The molecule has 1 aliphatic rings. The van der Waals surface area contributed by atoms with Gasteiger partial charge in [0.1, 0.15) is 15.6 Å². The second-order valence-electron chi connectivity index (χ2n) is 10.1. The van der Waals surface area contributed by atoms with Crippen LogP contribution in [0, 0.1) is 6.92 Å². The van der Waals surface area contributed by atoms with Crippen molar-refractivity contribution < 1.29 is 19.1 Å². The fourth-order valence-corrected chi connectivity index (χ4v) is 4.87. The van der Waals surface area contributed by atoms with E-state index in [1.165, 1.54) is 0 Å². The lowest BCUT2D eigenvalue weighted by Crippen LogP contribution is -2.55. The second-order valence-corrected chi connectivity index (χ2v) is 17.0. The van der Waals surface area contributed by atoms with Gasteiger partial charge in [-0.3, -0.25) is 0 Å². The van der Waals surface area contributed by atoms with Gasteiger partial charge < -0.3 is 20.1 Å².